The topological polar surface area (TPSA) is 21.3 Å². The zero-order valence-corrected chi connectivity index (χ0v) is 14.8. The van der Waals surface area contributed by atoms with Gasteiger partial charge in [-0.1, -0.05) is 47.8 Å². The van der Waals surface area contributed by atoms with Crippen LogP contribution in [0.15, 0.2) is 24.3 Å². The monoisotopic (exact) mass is 363 g/mol. The summed E-state index contributed by atoms with van der Waals surface area (Å²) < 4.78 is 6.57. The number of thiophene rings is 1. The van der Waals surface area contributed by atoms with Crippen LogP contribution in [0, 0.1) is 0 Å². The Morgan fingerprint density at radius 1 is 1.24 bits per heavy atom. The van der Waals surface area contributed by atoms with E-state index in [1.165, 1.54) is 11.3 Å². The third-order valence-electron chi connectivity index (χ3n) is 3.10. The highest BCUT2D eigenvalue weighted by molar-refractivity contribution is 7.20. The van der Waals surface area contributed by atoms with Gasteiger partial charge < -0.3 is 10.1 Å². The first-order chi connectivity index (χ1) is 10.1. The van der Waals surface area contributed by atoms with Gasteiger partial charge in [0.25, 0.3) is 0 Å². The molecule has 0 bridgehead atoms. The molecule has 21 heavy (non-hydrogen) atoms. The fourth-order valence-corrected chi connectivity index (χ4v) is 3.91. The third-order valence-corrected chi connectivity index (χ3v) is 4.92. The number of rotatable bonds is 6. The van der Waals surface area contributed by atoms with E-state index in [0.29, 0.717) is 19.4 Å². The molecule has 1 unspecified atom stereocenters. The summed E-state index contributed by atoms with van der Waals surface area (Å²) in [6.45, 7) is 2.99. The maximum absolute atomic E-state index is 6.30. The first kappa shape index (κ1) is 16.9. The van der Waals surface area contributed by atoms with Crippen LogP contribution < -0.4 is 10.1 Å². The molecule has 1 aromatic heterocycles. The Morgan fingerprint density at radius 3 is 2.52 bits per heavy atom. The van der Waals surface area contributed by atoms with E-state index in [4.69, 9.17) is 39.5 Å². The van der Waals surface area contributed by atoms with Crippen LogP contribution in [0.4, 0.5) is 0 Å². The average molecular weight is 365 g/mol. The Bertz CT molecular complexity index is 615. The van der Waals surface area contributed by atoms with Gasteiger partial charge in [-0.2, -0.15) is 0 Å². The number of ether oxygens (including phenoxy) is 1. The van der Waals surface area contributed by atoms with E-state index in [2.05, 4.69) is 12.2 Å². The minimum Gasteiger partial charge on any atom is -0.495 e. The lowest BCUT2D eigenvalue weighted by Gasteiger charge is -2.19. The van der Waals surface area contributed by atoms with Gasteiger partial charge >= 0.3 is 0 Å². The van der Waals surface area contributed by atoms with Crippen LogP contribution in [0.2, 0.25) is 13.7 Å². The van der Waals surface area contributed by atoms with Gasteiger partial charge in [0.15, 0.2) is 0 Å². The Balaban J connectivity index is 2.40. The molecule has 2 rings (SSSR count). The zero-order valence-electron chi connectivity index (χ0n) is 11.8. The minimum absolute atomic E-state index is 0.0374. The molecule has 0 amide bonds. The maximum Gasteiger partial charge on any atom is 0.137 e. The van der Waals surface area contributed by atoms with E-state index >= 15 is 0 Å². The van der Waals surface area contributed by atoms with E-state index in [0.717, 1.165) is 24.1 Å². The molecule has 0 spiro atoms. The first-order valence-corrected chi connectivity index (χ1v) is 8.53. The lowest BCUT2D eigenvalue weighted by molar-refractivity contribution is 0.414. The van der Waals surface area contributed by atoms with Crippen molar-refractivity contribution in [1.29, 1.82) is 0 Å². The van der Waals surface area contributed by atoms with E-state index in [1.807, 2.05) is 24.3 Å². The maximum atomic E-state index is 6.30. The molecule has 0 fully saturated rings. The number of benzene rings is 1. The van der Waals surface area contributed by atoms with Gasteiger partial charge in [-0.15, -0.1) is 11.3 Å². The molecule has 1 atom stereocenters. The van der Waals surface area contributed by atoms with E-state index in [9.17, 15) is 0 Å². The highest BCUT2D eigenvalue weighted by atomic mass is 35.5. The molecule has 0 aliphatic rings. The number of hydrogen-bond acceptors (Lipinski definition) is 3. The fraction of sp³-hybridized carbons (Fsp3) is 0.333. The van der Waals surface area contributed by atoms with Crippen LogP contribution in [-0.2, 0) is 0 Å². The van der Waals surface area contributed by atoms with E-state index in [-0.39, 0.29) is 6.04 Å². The second-order valence-corrected chi connectivity index (χ2v) is 7.25. The van der Waals surface area contributed by atoms with Gasteiger partial charge in [0.2, 0.25) is 0 Å². The Labute approximate surface area is 144 Å². The molecule has 1 N–H and O–H groups in total. The van der Waals surface area contributed by atoms with Gasteiger partial charge in [0, 0.05) is 5.56 Å². The van der Waals surface area contributed by atoms with E-state index < -0.39 is 0 Å². The molecular formula is C15H16Cl3NOS. The minimum atomic E-state index is -0.0374. The molecule has 6 heteroatoms. The van der Waals surface area contributed by atoms with Gasteiger partial charge in [-0.25, -0.2) is 0 Å². The summed E-state index contributed by atoms with van der Waals surface area (Å²) in [5.74, 6) is 0.657. The normalized spacial score (nSPS) is 12.4. The van der Waals surface area contributed by atoms with E-state index in [1.54, 1.807) is 7.11 Å². The van der Waals surface area contributed by atoms with Gasteiger partial charge in [0.05, 0.1) is 26.8 Å². The summed E-state index contributed by atoms with van der Waals surface area (Å²) in [6.07, 6.45) is 1.02. The molecule has 114 valence electrons. The van der Waals surface area contributed by atoms with Gasteiger partial charge in [0.1, 0.15) is 5.75 Å². The molecular weight excluding hydrogens is 349 g/mol. The SMILES string of the molecule is CCCNC(c1ccc(OC)c(Cl)c1)c1cc(Cl)sc1Cl. The molecule has 1 aromatic carbocycles. The Hall–Kier alpha value is -0.450. The van der Waals surface area contributed by atoms with Crippen molar-refractivity contribution in [2.75, 3.05) is 13.7 Å². The smallest absolute Gasteiger partial charge is 0.137 e. The van der Waals surface area contributed by atoms with Crippen LogP contribution in [0.25, 0.3) is 0 Å². The molecule has 0 saturated heterocycles. The highest BCUT2D eigenvalue weighted by Crippen LogP contribution is 2.38. The second kappa shape index (κ2) is 7.70. The Morgan fingerprint density at radius 2 is 2.00 bits per heavy atom. The van der Waals surface area contributed by atoms with Crippen molar-refractivity contribution in [3.8, 4) is 5.75 Å². The molecule has 0 aliphatic carbocycles. The summed E-state index contributed by atoms with van der Waals surface area (Å²) in [5, 5.41) is 4.06. The molecule has 0 radical (unpaired) electrons. The van der Waals surface area contributed by atoms with Crippen LogP contribution in [-0.4, -0.2) is 13.7 Å². The first-order valence-electron chi connectivity index (χ1n) is 6.58. The van der Waals surface area contributed by atoms with Crippen LogP contribution in [0.5, 0.6) is 5.75 Å². The molecule has 2 aromatic rings. The summed E-state index contributed by atoms with van der Waals surface area (Å²) in [7, 11) is 1.60. The highest BCUT2D eigenvalue weighted by Gasteiger charge is 2.20. The van der Waals surface area contributed by atoms with Crippen molar-refractivity contribution >= 4 is 46.1 Å². The van der Waals surface area contributed by atoms with Crippen molar-refractivity contribution in [3.63, 3.8) is 0 Å². The standard InChI is InChI=1S/C15H16Cl3NOS/c1-3-6-19-14(10-8-13(17)21-15(10)18)9-4-5-12(20-2)11(16)7-9/h4-5,7-8,14,19H,3,6H2,1-2H3. The number of nitrogens with one attached hydrogen (secondary N) is 1. The quantitative estimate of drug-likeness (QED) is 0.698. The zero-order chi connectivity index (χ0) is 15.4. The fourth-order valence-electron chi connectivity index (χ4n) is 2.11. The Kier molecular flexibility index (Phi) is 6.20. The molecule has 0 aliphatic heterocycles. The third kappa shape index (κ3) is 4.05. The number of methoxy groups -OCH3 is 1. The van der Waals surface area contributed by atoms with Crippen LogP contribution >= 0.6 is 46.1 Å². The predicted octanol–water partition coefficient (Wildman–Crippen LogP) is 5.81. The second-order valence-electron chi connectivity index (χ2n) is 4.56. The van der Waals surface area contributed by atoms with Gasteiger partial charge in [-0.05, 0) is 36.7 Å². The summed E-state index contributed by atoms with van der Waals surface area (Å²) in [4.78, 5) is 0. The lowest BCUT2D eigenvalue weighted by atomic mass is 10.0. The van der Waals surface area contributed by atoms with Crippen molar-refractivity contribution < 1.29 is 4.74 Å². The molecule has 1 heterocycles. The van der Waals surface area contributed by atoms with Crippen LogP contribution in [0.3, 0.4) is 0 Å². The number of halogens is 3. The summed E-state index contributed by atoms with van der Waals surface area (Å²) in [5.41, 5.74) is 2.01. The summed E-state index contributed by atoms with van der Waals surface area (Å²) in [6, 6.07) is 7.61. The van der Waals surface area contributed by atoms with Crippen LogP contribution in [0.1, 0.15) is 30.5 Å². The van der Waals surface area contributed by atoms with Crippen molar-refractivity contribution in [2.45, 2.75) is 19.4 Å². The molecule has 2 nitrogen and oxygen atoms in total. The molecule has 0 saturated carbocycles. The average Bonchev–Trinajstić information content (AvgIpc) is 2.78. The summed E-state index contributed by atoms with van der Waals surface area (Å²) >= 11 is 20.0. The van der Waals surface area contributed by atoms with Crippen molar-refractivity contribution in [1.82, 2.24) is 5.32 Å². The lowest BCUT2D eigenvalue weighted by Crippen LogP contribution is -2.23. The van der Waals surface area contributed by atoms with Crippen molar-refractivity contribution in [2.24, 2.45) is 0 Å². The van der Waals surface area contributed by atoms with Gasteiger partial charge in [-0.3, -0.25) is 0 Å². The predicted molar refractivity (Wildman–Crippen MR) is 92.5 cm³/mol. The van der Waals surface area contributed by atoms with Crippen molar-refractivity contribution in [3.05, 3.63) is 49.1 Å². The largest absolute Gasteiger partial charge is 0.495 e. The number of hydrogen-bond donors (Lipinski definition) is 1.